The third-order valence-corrected chi connectivity index (χ3v) is 8.33. The van der Waals surface area contributed by atoms with Gasteiger partial charge in [-0.15, -0.1) is 0 Å². The molecule has 2 fully saturated rings. The topological polar surface area (TPSA) is 89.3 Å². The van der Waals surface area contributed by atoms with Crippen molar-refractivity contribution < 1.29 is 23.5 Å². The van der Waals surface area contributed by atoms with Gasteiger partial charge in [0.05, 0.1) is 46.8 Å². The number of hydrogen-bond donors (Lipinski definition) is 0. The number of nitrogens with zero attached hydrogens (tertiary/aromatic N) is 5. The second-order valence-electron chi connectivity index (χ2n) is 11.6. The van der Waals surface area contributed by atoms with Crippen LogP contribution in [0, 0.1) is 19.7 Å². The molecule has 3 aromatic rings. The van der Waals surface area contributed by atoms with E-state index in [1.54, 1.807) is 14.3 Å². The lowest BCUT2D eigenvalue weighted by molar-refractivity contribution is 0.0180. The molecule has 3 aliphatic heterocycles. The number of carbonyl (C=O) groups is 2. The van der Waals surface area contributed by atoms with Gasteiger partial charge in [0.2, 0.25) is 0 Å². The molecule has 9 nitrogen and oxygen atoms in total. The Labute approximate surface area is 230 Å². The van der Waals surface area contributed by atoms with E-state index in [1.165, 1.54) is 18.2 Å². The second kappa shape index (κ2) is 9.08. The van der Waals surface area contributed by atoms with Gasteiger partial charge in [0, 0.05) is 24.1 Å². The third-order valence-electron chi connectivity index (χ3n) is 7.78. The van der Waals surface area contributed by atoms with Crippen molar-refractivity contribution in [3.63, 3.8) is 0 Å². The quantitative estimate of drug-likeness (QED) is 0.440. The Morgan fingerprint density at radius 2 is 1.92 bits per heavy atom. The maximum atomic E-state index is 14.4. The van der Waals surface area contributed by atoms with Crippen LogP contribution in [0.15, 0.2) is 18.2 Å². The summed E-state index contributed by atoms with van der Waals surface area (Å²) in [6.45, 7) is 9.85. The van der Waals surface area contributed by atoms with Crippen LogP contribution in [0.3, 0.4) is 0 Å². The lowest BCUT2D eigenvalue weighted by atomic mass is 9.97. The number of aromatic nitrogens is 3. The van der Waals surface area contributed by atoms with Crippen LogP contribution in [0.4, 0.5) is 9.18 Å². The van der Waals surface area contributed by atoms with E-state index in [4.69, 9.17) is 21.1 Å². The summed E-state index contributed by atoms with van der Waals surface area (Å²) in [6.07, 6.45) is 1.52. The smallest absolute Gasteiger partial charge is 0.410 e. The van der Waals surface area contributed by atoms with Gasteiger partial charge >= 0.3 is 6.09 Å². The zero-order valence-electron chi connectivity index (χ0n) is 22.6. The van der Waals surface area contributed by atoms with Crippen molar-refractivity contribution in [2.24, 2.45) is 0 Å². The Balaban J connectivity index is 1.23. The Hall–Kier alpha value is -3.40. The molecule has 39 heavy (non-hydrogen) atoms. The molecule has 2 saturated heterocycles. The third kappa shape index (κ3) is 4.38. The van der Waals surface area contributed by atoms with Gasteiger partial charge in [-0.25, -0.2) is 18.7 Å². The molecule has 6 rings (SSSR count). The molecule has 0 radical (unpaired) electrons. The van der Waals surface area contributed by atoms with E-state index in [-0.39, 0.29) is 41.5 Å². The molecule has 2 bridgehead atoms. The van der Waals surface area contributed by atoms with Crippen LogP contribution in [0.5, 0.6) is 5.75 Å². The van der Waals surface area contributed by atoms with E-state index < -0.39 is 11.4 Å². The summed E-state index contributed by atoms with van der Waals surface area (Å²) in [6, 6.07) is 3.78. The monoisotopic (exact) mass is 555 g/mol. The minimum atomic E-state index is -0.605. The van der Waals surface area contributed by atoms with E-state index in [9.17, 15) is 14.0 Å². The maximum absolute atomic E-state index is 14.4. The van der Waals surface area contributed by atoms with Crippen molar-refractivity contribution >= 4 is 29.2 Å². The largest absolute Gasteiger partial charge is 0.487 e. The first kappa shape index (κ1) is 25.9. The Morgan fingerprint density at radius 1 is 1.15 bits per heavy atom. The first-order valence-electron chi connectivity index (χ1n) is 13.2. The van der Waals surface area contributed by atoms with Crippen LogP contribution in [0.2, 0.25) is 5.02 Å². The average Bonchev–Trinajstić information content (AvgIpc) is 3.61. The van der Waals surface area contributed by atoms with Gasteiger partial charge in [-0.2, -0.15) is 5.10 Å². The van der Waals surface area contributed by atoms with Gasteiger partial charge in [0.15, 0.2) is 5.65 Å². The van der Waals surface area contributed by atoms with E-state index in [0.29, 0.717) is 35.9 Å². The molecule has 0 spiro atoms. The first-order chi connectivity index (χ1) is 18.4. The summed E-state index contributed by atoms with van der Waals surface area (Å²) < 4.78 is 28.0. The number of carbonyl (C=O) groups excluding carboxylic acids is 2. The van der Waals surface area contributed by atoms with Gasteiger partial charge in [-0.1, -0.05) is 11.6 Å². The normalized spacial score (nSPS) is 22.1. The Bertz CT molecular complexity index is 1520. The van der Waals surface area contributed by atoms with E-state index in [1.807, 2.05) is 34.6 Å². The molecule has 11 heteroatoms. The van der Waals surface area contributed by atoms with Crippen LogP contribution >= 0.6 is 11.6 Å². The fourth-order valence-electron chi connectivity index (χ4n) is 6.02. The summed E-state index contributed by atoms with van der Waals surface area (Å²) in [5, 5.41) is 5.22. The zero-order chi connectivity index (χ0) is 27.8. The van der Waals surface area contributed by atoms with Crippen LogP contribution in [0.25, 0.3) is 5.65 Å². The highest BCUT2D eigenvalue weighted by Gasteiger charge is 2.51. The van der Waals surface area contributed by atoms with Gasteiger partial charge < -0.3 is 14.4 Å². The molecule has 2 aromatic heterocycles. The molecule has 0 N–H and O–H groups in total. The van der Waals surface area contributed by atoms with Crippen molar-refractivity contribution in [2.45, 2.75) is 90.8 Å². The molecule has 206 valence electrons. The number of hydrogen-bond acceptors (Lipinski definition) is 6. The number of benzene rings is 1. The minimum Gasteiger partial charge on any atom is -0.487 e. The predicted molar refractivity (Wildman–Crippen MR) is 141 cm³/mol. The number of amides is 2. The maximum Gasteiger partial charge on any atom is 0.410 e. The van der Waals surface area contributed by atoms with Crippen molar-refractivity contribution in [1.29, 1.82) is 0 Å². The summed E-state index contributed by atoms with van der Waals surface area (Å²) in [5.74, 6) is -0.601. The van der Waals surface area contributed by atoms with E-state index >= 15 is 0 Å². The van der Waals surface area contributed by atoms with Gasteiger partial charge in [-0.05, 0) is 59.6 Å². The van der Waals surface area contributed by atoms with Gasteiger partial charge in [0.25, 0.3) is 5.91 Å². The standard InChI is InChI=1S/C28H31ClFN5O4/c1-14-24(29)15(2)35-25(31-14)19-12-33(13-20(19)32-35)26(36)18-8-6-16(30)10-22(18)38-23-11-17-7-9-21(23)34(17)27(37)39-28(3,4)5/h6,8,10,17,21,23H,7,9,11-13H2,1-5H3/t17-,21+,23+/m0/s1. The molecule has 0 saturated carbocycles. The van der Waals surface area contributed by atoms with Crippen molar-refractivity contribution in [3.8, 4) is 5.75 Å². The molecule has 2 amide bonds. The van der Waals surface area contributed by atoms with Crippen LogP contribution < -0.4 is 4.74 Å². The average molecular weight is 556 g/mol. The molecule has 3 atom stereocenters. The zero-order valence-corrected chi connectivity index (χ0v) is 23.4. The lowest BCUT2D eigenvalue weighted by Crippen LogP contribution is -2.42. The highest BCUT2D eigenvalue weighted by Crippen LogP contribution is 2.41. The molecule has 0 unspecified atom stereocenters. The highest BCUT2D eigenvalue weighted by molar-refractivity contribution is 6.31. The minimum absolute atomic E-state index is 0.000384. The van der Waals surface area contributed by atoms with E-state index in [0.717, 1.165) is 29.8 Å². The summed E-state index contributed by atoms with van der Waals surface area (Å²) in [5.41, 5.74) is 3.48. The van der Waals surface area contributed by atoms with Crippen molar-refractivity contribution in [2.75, 3.05) is 0 Å². The van der Waals surface area contributed by atoms with Crippen LogP contribution in [0.1, 0.15) is 73.0 Å². The Morgan fingerprint density at radius 3 is 2.67 bits per heavy atom. The van der Waals surface area contributed by atoms with Gasteiger partial charge in [0.1, 0.15) is 23.3 Å². The molecule has 5 heterocycles. The Kier molecular flexibility index (Phi) is 6.02. The fraction of sp³-hybridized carbons (Fsp3) is 0.500. The molecule has 3 aliphatic rings. The first-order valence-corrected chi connectivity index (χ1v) is 13.6. The predicted octanol–water partition coefficient (Wildman–Crippen LogP) is 5.21. The van der Waals surface area contributed by atoms with Crippen LogP contribution in [-0.2, 0) is 17.8 Å². The SMILES string of the molecule is Cc1nc2c3c(nn2c(C)c1Cl)CN(C(=O)c1ccc(F)cc1O[C@@H]1C[C@@H]2CC[C@H]1N2C(=O)OC(C)(C)C)C3. The van der Waals surface area contributed by atoms with Gasteiger partial charge in [-0.3, -0.25) is 9.69 Å². The number of aryl methyl sites for hydroxylation is 2. The van der Waals surface area contributed by atoms with E-state index in [2.05, 4.69) is 10.1 Å². The molecular weight excluding hydrogens is 525 g/mol. The molecular formula is C28H31ClFN5O4. The highest BCUT2D eigenvalue weighted by atomic mass is 35.5. The molecule has 1 aromatic carbocycles. The molecule has 0 aliphatic carbocycles. The summed E-state index contributed by atoms with van der Waals surface area (Å²) in [4.78, 5) is 34.6. The second-order valence-corrected chi connectivity index (χ2v) is 12.0. The lowest BCUT2D eigenvalue weighted by Gasteiger charge is -2.28. The number of halogens is 2. The summed E-state index contributed by atoms with van der Waals surface area (Å²) >= 11 is 6.36. The van der Waals surface area contributed by atoms with Crippen molar-refractivity contribution in [3.05, 3.63) is 57.2 Å². The van der Waals surface area contributed by atoms with Crippen molar-refractivity contribution in [1.82, 2.24) is 24.4 Å². The van der Waals surface area contributed by atoms with Crippen LogP contribution in [-0.4, -0.2) is 60.2 Å². The fourth-order valence-corrected chi connectivity index (χ4v) is 6.14. The number of fused-ring (bicyclic) bond motifs is 5. The summed E-state index contributed by atoms with van der Waals surface area (Å²) in [7, 11) is 0. The number of rotatable bonds is 3. The number of ether oxygens (including phenoxy) is 2.